The predicted molar refractivity (Wildman–Crippen MR) is 80.8 cm³/mol. The standard InChI is InChI=1S/C16H28N2O/c1-7-18(6)14-12(2)15(19)13(14)17-11-9-8-10-16(3,4)5/h17H,2,7-11H2,1,3-6H3. The van der Waals surface area contributed by atoms with Gasteiger partial charge in [-0.25, -0.2) is 0 Å². The summed E-state index contributed by atoms with van der Waals surface area (Å²) in [6.45, 7) is 14.4. The second-order valence-corrected chi connectivity index (χ2v) is 6.49. The Morgan fingerprint density at radius 3 is 2.42 bits per heavy atom. The minimum absolute atomic E-state index is 0.0751. The van der Waals surface area contributed by atoms with Gasteiger partial charge in [0, 0.05) is 25.7 Å². The molecule has 0 unspecified atom stereocenters. The van der Waals surface area contributed by atoms with Gasteiger partial charge in [-0.05, 0) is 25.2 Å². The fourth-order valence-corrected chi connectivity index (χ4v) is 2.19. The third kappa shape index (κ3) is 4.12. The number of nitrogens with one attached hydrogen (secondary N) is 1. The largest absolute Gasteiger partial charge is 0.380 e. The predicted octanol–water partition coefficient (Wildman–Crippen LogP) is 3.09. The number of ketones is 1. The molecule has 0 radical (unpaired) electrons. The molecule has 0 aromatic rings. The Morgan fingerprint density at radius 1 is 1.26 bits per heavy atom. The van der Waals surface area contributed by atoms with E-state index < -0.39 is 0 Å². The van der Waals surface area contributed by atoms with E-state index >= 15 is 0 Å². The molecule has 1 aliphatic carbocycles. The Kier molecular flexibility index (Phi) is 5.21. The highest BCUT2D eigenvalue weighted by molar-refractivity contribution is 6.18. The first-order chi connectivity index (χ1) is 8.78. The van der Waals surface area contributed by atoms with Gasteiger partial charge >= 0.3 is 0 Å². The Morgan fingerprint density at radius 2 is 1.89 bits per heavy atom. The average Bonchev–Trinajstić information content (AvgIpc) is 2.34. The molecule has 3 nitrogen and oxygen atoms in total. The molecule has 0 saturated carbocycles. The van der Waals surface area contributed by atoms with Crippen molar-refractivity contribution in [3.05, 3.63) is 23.5 Å². The number of likely N-dealkylation sites (N-methyl/N-ethyl adjacent to an activating group) is 1. The maximum absolute atomic E-state index is 11.8. The lowest BCUT2D eigenvalue weighted by molar-refractivity contribution is -0.114. The zero-order valence-corrected chi connectivity index (χ0v) is 13.1. The second-order valence-electron chi connectivity index (χ2n) is 6.49. The van der Waals surface area contributed by atoms with Crippen LogP contribution in [0.15, 0.2) is 23.5 Å². The Balaban J connectivity index is 2.42. The number of hydrogen-bond acceptors (Lipinski definition) is 3. The summed E-state index contributed by atoms with van der Waals surface area (Å²) >= 11 is 0. The molecule has 0 aliphatic heterocycles. The van der Waals surface area contributed by atoms with Gasteiger partial charge in [0.2, 0.25) is 5.78 Å². The molecule has 0 heterocycles. The first-order valence-corrected chi connectivity index (χ1v) is 7.21. The van der Waals surface area contributed by atoms with Crippen molar-refractivity contribution < 1.29 is 4.79 Å². The van der Waals surface area contributed by atoms with Gasteiger partial charge in [-0.3, -0.25) is 4.79 Å². The second kappa shape index (κ2) is 6.27. The van der Waals surface area contributed by atoms with Crippen molar-refractivity contribution in [3.8, 4) is 0 Å². The molecule has 0 saturated heterocycles. The highest BCUT2D eigenvalue weighted by Crippen LogP contribution is 2.29. The van der Waals surface area contributed by atoms with E-state index in [4.69, 9.17) is 0 Å². The van der Waals surface area contributed by atoms with Gasteiger partial charge in [-0.1, -0.05) is 33.8 Å². The van der Waals surface area contributed by atoms with E-state index in [0.717, 1.165) is 30.9 Å². The molecule has 1 N–H and O–H groups in total. The number of Topliss-reactive ketones (excluding diaryl/α,β-unsaturated/α-hetero) is 1. The van der Waals surface area contributed by atoms with Gasteiger partial charge in [-0.15, -0.1) is 0 Å². The van der Waals surface area contributed by atoms with Gasteiger partial charge in [-0.2, -0.15) is 0 Å². The summed E-state index contributed by atoms with van der Waals surface area (Å²) in [4.78, 5) is 13.8. The van der Waals surface area contributed by atoms with Crippen molar-refractivity contribution >= 4 is 5.78 Å². The van der Waals surface area contributed by atoms with E-state index in [1.54, 1.807) is 0 Å². The molecule has 108 valence electrons. The van der Waals surface area contributed by atoms with Crippen molar-refractivity contribution in [1.29, 1.82) is 0 Å². The van der Waals surface area contributed by atoms with Crippen molar-refractivity contribution in [3.63, 3.8) is 0 Å². The Labute approximate surface area is 117 Å². The van der Waals surface area contributed by atoms with Gasteiger partial charge in [0.15, 0.2) is 0 Å². The third-order valence-corrected chi connectivity index (χ3v) is 3.54. The quantitative estimate of drug-likeness (QED) is 0.566. The lowest BCUT2D eigenvalue weighted by atomic mass is 9.89. The van der Waals surface area contributed by atoms with Crippen LogP contribution in [0.25, 0.3) is 0 Å². The fraction of sp³-hybridized carbons (Fsp3) is 0.688. The van der Waals surface area contributed by atoms with Crippen LogP contribution in [0.2, 0.25) is 0 Å². The van der Waals surface area contributed by atoms with Gasteiger partial charge in [0.1, 0.15) is 5.70 Å². The van der Waals surface area contributed by atoms with Gasteiger partial charge in [0.25, 0.3) is 0 Å². The van der Waals surface area contributed by atoms with E-state index in [1.165, 1.54) is 12.8 Å². The van der Waals surface area contributed by atoms with Crippen LogP contribution in [0.3, 0.4) is 0 Å². The molecule has 1 aliphatic rings. The van der Waals surface area contributed by atoms with Crippen LogP contribution in [-0.2, 0) is 4.79 Å². The number of nitrogens with zero attached hydrogens (tertiary/aromatic N) is 1. The van der Waals surface area contributed by atoms with Crippen LogP contribution in [0.4, 0.5) is 0 Å². The minimum Gasteiger partial charge on any atom is -0.380 e. The lowest BCUT2D eigenvalue weighted by Crippen LogP contribution is -2.39. The molecule has 0 atom stereocenters. The zero-order chi connectivity index (χ0) is 14.6. The highest BCUT2D eigenvalue weighted by Gasteiger charge is 2.33. The minimum atomic E-state index is 0.0751. The number of unbranched alkanes of at least 4 members (excludes halogenated alkanes) is 1. The summed E-state index contributed by atoms with van der Waals surface area (Å²) in [5, 5.41) is 3.28. The summed E-state index contributed by atoms with van der Waals surface area (Å²) in [5.74, 6) is 0.0751. The van der Waals surface area contributed by atoms with Crippen LogP contribution < -0.4 is 5.32 Å². The maximum Gasteiger partial charge on any atom is 0.212 e. The monoisotopic (exact) mass is 264 g/mol. The van der Waals surface area contributed by atoms with Crippen molar-refractivity contribution in [1.82, 2.24) is 10.2 Å². The SMILES string of the molecule is C=C1C(=O)C(NCCCCC(C)(C)C)=C1N(C)CC. The average molecular weight is 264 g/mol. The van der Waals surface area contributed by atoms with Gasteiger partial charge in [0.05, 0.1) is 5.70 Å². The van der Waals surface area contributed by atoms with Gasteiger partial charge < -0.3 is 10.2 Å². The third-order valence-electron chi connectivity index (χ3n) is 3.54. The molecule has 0 aromatic heterocycles. The summed E-state index contributed by atoms with van der Waals surface area (Å²) in [5.41, 5.74) is 2.78. The molecule has 3 heteroatoms. The Bertz CT molecular complexity index is 388. The van der Waals surface area contributed by atoms with Crippen LogP contribution in [0.5, 0.6) is 0 Å². The molecule has 0 spiro atoms. The molecule has 0 amide bonds. The number of allylic oxidation sites excluding steroid dienone is 2. The van der Waals surface area contributed by atoms with Crippen LogP contribution >= 0.6 is 0 Å². The van der Waals surface area contributed by atoms with E-state index in [-0.39, 0.29) is 5.78 Å². The molecule has 19 heavy (non-hydrogen) atoms. The van der Waals surface area contributed by atoms with E-state index in [9.17, 15) is 4.79 Å². The number of carbonyl (C=O) groups is 1. The highest BCUT2D eigenvalue weighted by atomic mass is 16.1. The van der Waals surface area contributed by atoms with Crippen molar-refractivity contribution in [2.45, 2.75) is 47.0 Å². The molecule has 0 bridgehead atoms. The van der Waals surface area contributed by atoms with E-state index in [1.807, 2.05) is 7.05 Å². The van der Waals surface area contributed by atoms with Crippen LogP contribution in [0, 0.1) is 5.41 Å². The smallest absolute Gasteiger partial charge is 0.212 e. The summed E-state index contributed by atoms with van der Waals surface area (Å²) in [6.07, 6.45) is 3.51. The number of hydrogen-bond donors (Lipinski definition) is 1. The van der Waals surface area contributed by atoms with Crippen molar-refractivity contribution in [2.24, 2.45) is 5.41 Å². The van der Waals surface area contributed by atoms with E-state index in [0.29, 0.717) is 11.0 Å². The lowest BCUT2D eigenvalue weighted by Gasteiger charge is -2.32. The molecule has 0 aromatic carbocycles. The summed E-state index contributed by atoms with van der Waals surface area (Å²) in [6, 6.07) is 0. The molecule has 0 fully saturated rings. The molecule has 1 rings (SSSR count). The summed E-state index contributed by atoms with van der Waals surface area (Å²) in [7, 11) is 1.99. The number of rotatable bonds is 7. The van der Waals surface area contributed by atoms with Crippen LogP contribution in [0.1, 0.15) is 47.0 Å². The van der Waals surface area contributed by atoms with Crippen molar-refractivity contribution in [2.75, 3.05) is 20.1 Å². The topological polar surface area (TPSA) is 32.3 Å². The fourth-order valence-electron chi connectivity index (χ4n) is 2.19. The first kappa shape index (κ1) is 15.8. The Hall–Kier alpha value is -1.25. The zero-order valence-electron chi connectivity index (χ0n) is 13.1. The molecular weight excluding hydrogens is 236 g/mol. The molecular formula is C16H28N2O. The van der Waals surface area contributed by atoms with E-state index in [2.05, 4.69) is 44.5 Å². The maximum atomic E-state index is 11.8. The van der Waals surface area contributed by atoms with Crippen LogP contribution in [-0.4, -0.2) is 30.8 Å². The normalized spacial score (nSPS) is 15.6. The summed E-state index contributed by atoms with van der Waals surface area (Å²) < 4.78 is 0. The first-order valence-electron chi connectivity index (χ1n) is 7.21. The number of carbonyl (C=O) groups excluding carboxylic acids is 1.